The Balaban J connectivity index is 0.000000956. The minimum Gasteiger partial charge on any atom is -0.339 e. The summed E-state index contributed by atoms with van der Waals surface area (Å²) in [7, 11) is 0. The maximum absolute atomic E-state index is 13.1. The molecule has 0 fully saturated rings. The Bertz CT molecular complexity index is 564. The molecule has 20 heavy (non-hydrogen) atoms. The van der Waals surface area contributed by atoms with Gasteiger partial charge in [0, 0.05) is 12.0 Å². The number of hydrogen-bond acceptors (Lipinski definition) is 3. The summed E-state index contributed by atoms with van der Waals surface area (Å²) in [5.74, 6) is -1.01. The van der Waals surface area contributed by atoms with Gasteiger partial charge in [0.15, 0.2) is 0 Å². The monoisotopic (exact) mass is 290 g/mol. The van der Waals surface area contributed by atoms with Crippen LogP contribution in [0.2, 0.25) is 0 Å². The summed E-state index contributed by atoms with van der Waals surface area (Å²) in [5.41, 5.74) is -1.28. The van der Waals surface area contributed by atoms with Crippen LogP contribution in [0.25, 0.3) is 11.4 Å². The third-order valence-corrected chi connectivity index (χ3v) is 2.30. The topological polar surface area (TPSA) is 38.9 Å². The van der Waals surface area contributed by atoms with E-state index in [1.54, 1.807) is 6.92 Å². The van der Waals surface area contributed by atoms with Crippen molar-refractivity contribution >= 4 is 0 Å². The highest BCUT2D eigenvalue weighted by atomic mass is 19.4. The average molecular weight is 290 g/mol. The predicted molar refractivity (Wildman–Crippen MR) is 65.4 cm³/mol. The van der Waals surface area contributed by atoms with Crippen LogP contribution in [0.4, 0.5) is 17.6 Å². The summed E-state index contributed by atoms with van der Waals surface area (Å²) in [6.07, 6.45) is -4.28. The van der Waals surface area contributed by atoms with Crippen LogP contribution < -0.4 is 0 Å². The molecule has 0 N–H and O–H groups in total. The number of benzene rings is 1. The smallest absolute Gasteiger partial charge is 0.339 e. The lowest BCUT2D eigenvalue weighted by Gasteiger charge is -2.08. The SMILES string of the molecule is CC.CCc1nc(-c2ccc(F)c(C(F)(F)F)c2)no1. The fourth-order valence-corrected chi connectivity index (χ4v) is 1.40. The van der Waals surface area contributed by atoms with Crippen molar-refractivity contribution in [1.29, 1.82) is 0 Å². The van der Waals surface area contributed by atoms with Crippen LogP contribution in [0.1, 0.15) is 32.2 Å². The Morgan fingerprint density at radius 2 is 1.85 bits per heavy atom. The van der Waals surface area contributed by atoms with Gasteiger partial charge in [0.2, 0.25) is 11.7 Å². The summed E-state index contributed by atoms with van der Waals surface area (Å²) >= 11 is 0. The summed E-state index contributed by atoms with van der Waals surface area (Å²) in [6.45, 7) is 5.77. The van der Waals surface area contributed by atoms with E-state index in [2.05, 4.69) is 10.1 Å². The van der Waals surface area contributed by atoms with Gasteiger partial charge in [-0.25, -0.2) is 4.39 Å². The van der Waals surface area contributed by atoms with E-state index < -0.39 is 17.6 Å². The molecule has 0 aliphatic carbocycles. The second kappa shape index (κ2) is 6.49. The molecule has 0 aliphatic rings. The quantitative estimate of drug-likeness (QED) is 0.765. The third kappa shape index (κ3) is 3.55. The average Bonchev–Trinajstić information content (AvgIpc) is 2.89. The second-order valence-electron chi connectivity index (χ2n) is 3.56. The van der Waals surface area contributed by atoms with E-state index in [9.17, 15) is 17.6 Å². The lowest BCUT2D eigenvalue weighted by atomic mass is 10.1. The predicted octanol–water partition coefficient (Wildman–Crippen LogP) is 4.48. The molecule has 2 rings (SSSR count). The number of rotatable bonds is 2. The molecule has 1 aromatic carbocycles. The van der Waals surface area contributed by atoms with Crippen molar-refractivity contribution in [2.75, 3.05) is 0 Å². The standard InChI is InChI=1S/C11H8F4N2O.C2H6/c1-2-9-16-10(17-18-9)6-3-4-8(12)7(5-6)11(13,14)15;1-2/h3-5H,2H2,1H3;1-2H3. The van der Waals surface area contributed by atoms with Gasteiger partial charge in [-0.2, -0.15) is 18.2 Å². The van der Waals surface area contributed by atoms with E-state index in [1.165, 1.54) is 6.07 Å². The Hall–Kier alpha value is -1.92. The summed E-state index contributed by atoms with van der Waals surface area (Å²) in [5, 5.41) is 3.53. The van der Waals surface area contributed by atoms with Gasteiger partial charge in [-0.15, -0.1) is 0 Å². The number of nitrogens with zero attached hydrogens (tertiary/aromatic N) is 2. The van der Waals surface area contributed by atoms with Crippen LogP contribution in [-0.2, 0) is 12.6 Å². The zero-order valence-corrected chi connectivity index (χ0v) is 11.3. The number of aromatic nitrogens is 2. The van der Waals surface area contributed by atoms with E-state index >= 15 is 0 Å². The highest BCUT2D eigenvalue weighted by Gasteiger charge is 2.34. The van der Waals surface area contributed by atoms with Gasteiger partial charge in [0.25, 0.3) is 0 Å². The number of aryl methyl sites for hydroxylation is 1. The van der Waals surface area contributed by atoms with Crippen molar-refractivity contribution in [2.45, 2.75) is 33.4 Å². The molecule has 1 aromatic heterocycles. The first-order valence-electron chi connectivity index (χ1n) is 6.11. The fourth-order valence-electron chi connectivity index (χ4n) is 1.40. The first-order valence-corrected chi connectivity index (χ1v) is 6.11. The number of halogens is 4. The van der Waals surface area contributed by atoms with Crippen LogP contribution in [0.5, 0.6) is 0 Å². The maximum atomic E-state index is 13.1. The molecule has 1 heterocycles. The van der Waals surface area contributed by atoms with Gasteiger partial charge in [-0.05, 0) is 18.2 Å². The molecule has 0 saturated carbocycles. The molecular weight excluding hydrogens is 276 g/mol. The molecule has 0 aliphatic heterocycles. The molecule has 0 saturated heterocycles. The fraction of sp³-hybridized carbons (Fsp3) is 0.385. The molecule has 0 bridgehead atoms. The molecule has 110 valence electrons. The van der Waals surface area contributed by atoms with Gasteiger partial charge >= 0.3 is 6.18 Å². The zero-order chi connectivity index (χ0) is 15.3. The van der Waals surface area contributed by atoms with Gasteiger partial charge in [0.1, 0.15) is 5.82 Å². The highest BCUT2D eigenvalue weighted by Crippen LogP contribution is 2.33. The largest absolute Gasteiger partial charge is 0.419 e. The molecule has 0 unspecified atom stereocenters. The minimum atomic E-state index is -4.75. The molecule has 0 atom stereocenters. The van der Waals surface area contributed by atoms with Gasteiger partial charge in [0.05, 0.1) is 5.56 Å². The van der Waals surface area contributed by atoms with Crippen LogP contribution in [0, 0.1) is 5.82 Å². The Labute approximate surface area is 113 Å². The highest BCUT2D eigenvalue weighted by molar-refractivity contribution is 5.56. The van der Waals surface area contributed by atoms with E-state index in [0.717, 1.165) is 6.07 Å². The van der Waals surface area contributed by atoms with Crippen LogP contribution in [-0.4, -0.2) is 10.1 Å². The molecule has 0 radical (unpaired) electrons. The van der Waals surface area contributed by atoms with E-state index in [4.69, 9.17) is 4.52 Å². The number of alkyl halides is 3. The molecular formula is C13H14F4N2O. The van der Waals surface area contributed by atoms with Gasteiger partial charge in [-0.1, -0.05) is 25.9 Å². The Morgan fingerprint density at radius 3 is 2.35 bits per heavy atom. The number of hydrogen-bond donors (Lipinski definition) is 0. The van der Waals surface area contributed by atoms with E-state index in [1.807, 2.05) is 13.8 Å². The van der Waals surface area contributed by atoms with Crippen LogP contribution in [0.15, 0.2) is 22.7 Å². The molecule has 0 spiro atoms. The maximum Gasteiger partial charge on any atom is 0.419 e. The van der Waals surface area contributed by atoms with Gasteiger partial charge < -0.3 is 4.52 Å². The Morgan fingerprint density at radius 1 is 1.20 bits per heavy atom. The molecule has 2 aromatic rings. The van der Waals surface area contributed by atoms with Gasteiger partial charge in [-0.3, -0.25) is 0 Å². The van der Waals surface area contributed by atoms with Crippen molar-refractivity contribution < 1.29 is 22.1 Å². The van der Waals surface area contributed by atoms with Crippen molar-refractivity contribution in [3.8, 4) is 11.4 Å². The molecule has 7 heteroatoms. The van der Waals surface area contributed by atoms with Crippen molar-refractivity contribution in [3.05, 3.63) is 35.5 Å². The molecule has 3 nitrogen and oxygen atoms in total. The lowest BCUT2D eigenvalue weighted by Crippen LogP contribution is -2.08. The summed E-state index contributed by atoms with van der Waals surface area (Å²) in [6, 6.07) is 2.58. The van der Waals surface area contributed by atoms with Crippen LogP contribution in [0.3, 0.4) is 0 Å². The second-order valence-corrected chi connectivity index (χ2v) is 3.56. The van der Waals surface area contributed by atoms with Crippen molar-refractivity contribution in [2.24, 2.45) is 0 Å². The van der Waals surface area contributed by atoms with Crippen molar-refractivity contribution in [3.63, 3.8) is 0 Å². The zero-order valence-electron chi connectivity index (χ0n) is 11.3. The third-order valence-electron chi connectivity index (χ3n) is 2.30. The minimum absolute atomic E-state index is 0.0114. The first-order chi connectivity index (χ1) is 9.41. The lowest BCUT2D eigenvalue weighted by molar-refractivity contribution is -0.139. The Kier molecular flexibility index (Phi) is 5.24. The van der Waals surface area contributed by atoms with Crippen molar-refractivity contribution in [1.82, 2.24) is 10.1 Å². The van der Waals surface area contributed by atoms with E-state index in [0.29, 0.717) is 18.4 Å². The van der Waals surface area contributed by atoms with Crippen LogP contribution >= 0.6 is 0 Å². The summed E-state index contributed by atoms with van der Waals surface area (Å²) < 4.78 is 55.4. The summed E-state index contributed by atoms with van der Waals surface area (Å²) in [4.78, 5) is 3.88. The first kappa shape index (κ1) is 16.1. The molecule has 0 amide bonds. The normalized spacial score (nSPS) is 10.9. The van der Waals surface area contributed by atoms with E-state index in [-0.39, 0.29) is 11.4 Å².